The van der Waals surface area contributed by atoms with Gasteiger partial charge in [0.1, 0.15) is 33.0 Å². The van der Waals surface area contributed by atoms with Crippen LogP contribution in [0.4, 0.5) is 5.82 Å². The largest absolute Gasteiger partial charge is 0.462 e. The SMILES string of the molecule is CCOC(=O)c1sc2nc(CN(C)C)nc(NCCc3nnc4n3CCC4)c2c1C. The topological polar surface area (TPSA) is 98.1 Å². The highest BCUT2D eigenvalue weighted by Gasteiger charge is 2.22. The average Bonchev–Trinajstić information content (AvgIpc) is 3.37. The van der Waals surface area contributed by atoms with E-state index < -0.39 is 0 Å². The second-order valence-corrected chi connectivity index (χ2v) is 8.65. The van der Waals surface area contributed by atoms with E-state index in [4.69, 9.17) is 14.7 Å². The van der Waals surface area contributed by atoms with Crippen molar-refractivity contribution in [1.82, 2.24) is 29.6 Å². The zero-order valence-corrected chi connectivity index (χ0v) is 18.7. The molecule has 1 N–H and O–H groups in total. The molecule has 30 heavy (non-hydrogen) atoms. The summed E-state index contributed by atoms with van der Waals surface area (Å²) in [7, 11) is 3.96. The minimum Gasteiger partial charge on any atom is -0.462 e. The molecule has 4 rings (SSSR count). The maximum atomic E-state index is 12.4. The molecule has 0 bridgehead atoms. The van der Waals surface area contributed by atoms with E-state index in [0.717, 1.165) is 64.9 Å². The predicted molar refractivity (Wildman–Crippen MR) is 116 cm³/mol. The Balaban J connectivity index is 1.62. The first-order valence-electron chi connectivity index (χ1n) is 10.2. The number of hydrogen-bond acceptors (Lipinski definition) is 9. The van der Waals surface area contributed by atoms with Gasteiger partial charge in [-0.1, -0.05) is 0 Å². The first kappa shape index (κ1) is 20.7. The van der Waals surface area contributed by atoms with Crippen molar-refractivity contribution in [1.29, 1.82) is 0 Å². The van der Waals surface area contributed by atoms with E-state index >= 15 is 0 Å². The third-order valence-electron chi connectivity index (χ3n) is 5.08. The normalized spacial score (nSPS) is 13.2. The second-order valence-electron chi connectivity index (χ2n) is 7.65. The second kappa shape index (κ2) is 8.65. The summed E-state index contributed by atoms with van der Waals surface area (Å²) in [6.45, 7) is 6.37. The zero-order chi connectivity index (χ0) is 21.3. The maximum absolute atomic E-state index is 12.4. The van der Waals surface area contributed by atoms with Crippen molar-refractivity contribution in [2.24, 2.45) is 0 Å². The molecule has 0 saturated heterocycles. The lowest BCUT2D eigenvalue weighted by Gasteiger charge is -2.12. The van der Waals surface area contributed by atoms with Crippen LogP contribution in [0.2, 0.25) is 0 Å². The number of nitrogens with one attached hydrogen (secondary N) is 1. The van der Waals surface area contributed by atoms with Crippen LogP contribution in [0.1, 0.15) is 46.1 Å². The van der Waals surface area contributed by atoms with E-state index in [1.54, 1.807) is 0 Å². The first-order valence-corrected chi connectivity index (χ1v) is 11.1. The number of rotatable bonds is 8. The third-order valence-corrected chi connectivity index (χ3v) is 6.25. The fourth-order valence-electron chi connectivity index (χ4n) is 3.74. The standard InChI is InChI=1S/C20H27N7O2S/c1-5-29-20(28)17-12(2)16-18(22-13(11-26(3)4)23-19(16)30-17)21-9-8-15-25-24-14-7-6-10-27(14)15/h5-11H2,1-4H3,(H,21,22,23). The molecule has 4 heterocycles. The lowest BCUT2D eigenvalue weighted by Crippen LogP contribution is -2.15. The molecule has 0 radical (unpaired) electrons. The van der Waals surface area contributed by atoms with Crippen LogP contribution >= 0.6 is 11.3 Å². The van der Waals surface area contributed by atoms with Gasteiger partial charge >= 0.3 is 5.97 Å². The summed E-state index contributed by atoms with van der Waals surface area (Å²) in [6.07, 6.45) is 2.90. The van der Waals surface area contributed by atoms with E-state index in [1.807, 2.05) is 32.8 Å². The van der Waals surface area contributed by atoms with Gasteiger partial charge in [-0.05, 0) is 39.9 Å². The fraction of sp³-hybridized carbons (Fsp3) is 0.550. The molecule has 0 amide bonds. The van der Waals surface area contributed by atoms with Crippen LogP contribution in [0.3, 0.4) is 0 Å². The van der Waals surface area contributed by atoms with Crippen molar-refractivity contribution in [2.75, 3.05) is 32.6 Å². The number of aryl methyl sites for hydroxylation is 2. The quantitative estimate of drug-likeness (QED) is 0.545. The molecular formula is C20H27N7O2S. The predicted octanol–water partition coefficient (Wildman–Crippen LogP) is 2.43. The molecule has 160 valence electrons. The molecule has 10 heteroatoms. The minimum atomic E-state index is -0.308. The molecule has 0 fully saturated rings. The van der Waals surface area contributed by atoms with Crippen LogP contribution in [-0.2, 0) is 30.7 Å². The summed E-state index contributed by atoms with van der Waals surface area (Å²) >= 11 is 1.36. The van der Waals surface area contributed by atoms with Gasteiger partial charge in [0, 0.05) is 25.9 Å². The van der Waals surface area contributed by atoms with E-state index in [9.17, 15) is 4.79 Å². The van der Waals surface area contributed by atoms with Crippen LogP contribution < -0.4 is 5.32 Å². The highest BCUT2D eigenvalue weighted by Crippen LogP contribution is 2.34. The first-order chi connectivity index (χ1) is 14.5. The van der Waals surface area contributed by atoms with Crippen LogP contribution in [-0.4, -0.2) is 62.8 Å². The molecule has 0 saturated carbocycles. The molecule has 0 spiro atoms. The third kappa shape index (κ3) is 4.01. The molecule has 3 aromatic heterocycles. The van der Waals surface area contributed by atoms with Gasteiger partial charge in [-0.2, -0.15) is 0 Å². The molecule has 0 aromatic carbocycles. The van der Waals surface area contributed by atoms with Crippen LogP contribution in [0.5, 0.6) is 0 Å². The van der Waals surface area contributed by atoms with Gasteiger partial charge in [0.25, 0.3) is 0 Å². The molecule has 9 nitrogen and oxygen atoms in total. The zero-order valence-electron chi connectivity index (χ0n) is 17.9. The van der Waals surface area contributed by atoms with Gasteiger partial charge in [-0.25, -0.2) is 14.8 Å². The Hall–Kier alpha value is -2.59. The Morgan fingerprint density at radius 3 is 2.90 bits per heavy atom. The van der Waals surface area contributed by atoms with Gasteiger partial charge in [0.2, 0.25) is 0 Å². The van der Waals surface area contributed by atoms with Crippen LogP contribution in [0.25, 0.3) is 10.2 Å². The smallest absolute Gasteiger partial charge is 0.348 e. The fourth-order valence-corrected chi connectivity index (χ4v) is 4.84. The molecule has 3 aromatic rings. The van der Waals surface area contributed by atoms with E-state index in [2.05, 4.69) is 20.1 Å². The number of carbonyl (C=O) groups is 1. The van der Waals surface area contributed by atoms with Crippen molar-refractivity contribution in [3.05, 3.63) is 27.9 Å². The Labute approximate surface area is 179 Å². The number of hydrogen-bond donors (Lipinski definition) is 1. The summed E-state index contributed by atoms with van der Waals surface area (Å²) in [4.78, 5) is 25.2. The Morgan fingerprint density at radius 2 is 2.13 bits per heavy atom. The maximum Gasteiger partial charge on any atom is 0.348 e. The Morgan fingerprint density at radius 1 is 1.30 bits per heavy atom. The van der Waals surface area contributed by atoms with E-state index in [-0.39, 0.29) is 5.97 Å². The van der Waals surface area contributed by atoms with E-state index in [1.165, 1.54) is 11.3 Å². The van der Waals surface area contributed by atoms with Crippen molar-refractivity contribution >= 4 is 33.3 Å². The number of aromatic nitrogens is 5. The molecule has 0 aliphatic carbocycles. The molecule has 1 aliphatic rings. The number of nitrogens with zero attached hydrogens (tertiary/aromatic N) is 6. The molecule has 0 atom stereocenters. The summed E-state index contributed by atoms with van der Waals surface area (Å²) in [6, 6.07) is 0. The van der Waals surface area contributed by atoms with Gasteiger partial charge in [0.15, 0.2) is 0 Å². The number of carbonyl (C=O) groups excluding carboxylic acids is 1. The summed E-state index contributed by atoms with van der Waals surface area (Å²) in [5.74, 6) is 3.24. The van der Waals surface area contributed by atoms with Crippen molar-refractivity contribution < 1.29 is 9.53 Å². The van der Waals surface area contributed by atoms with Gasteiger partial charge in [-0.3, -0.25) is 0 Å². The molecule has 1 aliphatic heterocycles. The number of thiophene rings is 1. The summed E-state index contributed by atoms with van der Waals surface area (Å²) in [5.41, 5.74) is 0.857. The van der Waals surface area contributed by atoms with E-state index in [0.29, 0.717) is 24.6 Å². The van der Waals surface area contributed by atoms with Gasteiger partial charge in [-0.15, -0.1) is 21.5 Å². The van der Waals surface area contributed by atoms with Crippen LogP contribution in [0.15, 0.2) is 0 Å². The summed E-state index contributed by atoms with van der Waals surface area (Å²) < 4.78 is 7.43. The highest BCUT2D eigenvalue weighted by atomic mass is 32.1. The van der Waals surface area contributed by atoms with Crippen molar-refractivity contribution in [3.8, 4) is 0 Å². The minimum absolute atomic E-state index is 0.308. The highest BCUT2D eigenvalue weighted by molar-refractivity contribution is 7.20. The lowest BCUT2D eigenvalue weighted by atomic mass is 10.2. The number of fused-ring (bicyclic) bond motifs is 2. The molecule has 0 unspecified atom stereocenters. The number of ether oxygens (including phenoxy) is 1. The Bertz CT molecular complexity index is 1070. The summed E-state index contributed by atoms with van der Waals surface area (Å²) in [5, 5.41) is 13.0. The number of esters is 1. The van der Waals surface area contributed by atoms with Gasteiger partial charge in [0.05, 0.1) is 18.5 Å². The lowest BCUT2D eigenvalue weighted by molar-refractivity contribution is 0.0531. The average molecular weight is 430 g/mol. The van der Waals surface area contributed by atoms with Crippen molar-refractivity contribution in [2.45, 2.75) is 46.2 Å². The van der Waals surface area contributed by atoms with Crippen molar-refractivity contribution in [3.63, 3.8) is 0 Å². The van der Waals surface area contributed by atoms with Crippen LogP contribution in [0, 0.1) is 6.92 Å². The number of anilines is 1. The van der Waals surface area contributed by atoms with Gasteiger partial charge < -0.3 is 19.5 Å². The Kier molecular flexibility index (Phi) is 5.96. The monoisotopic (exact) mass is 429 g/mol. The molecular weight excluding hydrogens is 402 g/mol.